The molecule has 0 spiro atoms. The van der Waals surface area contributed by atoms with Gasteiger partial charge in [-0.15, -0.1) is 11.3 Å². The summed E-state index contributed by atoms with van der Waals surface area (Å²) < 4.78 is 0. The Labute approximate surface area is 100 Å². The summed E-state index contributed by atoms with van der Waals surface area (Å²) >= 11 is 1.65. The first-order valence-corrected chi connectivity index (χ1v) is 5.91. The SMILES string of the molecule is Cc1ccc(/C=C/C(=O)NOC(C)(C)C)s1. The number of hydrogen-bond acceptors (Lipinski definition) is 3. The molecule has 1 amide bonds. The smallest absolute Gasteiger partial charge is 0.267 e. The van der Waals surface area contributed by atoms with Gasteiger partial charge in [-0.2, -0.15) is 0 Å². The predicted octanol–water partition coefficient (Wildman–Crippen LogP) is 2.92. The highest BCUT2D eigenvalue weighted by atomic mass is 32.1. The lowest BCUT2D eigenvalue weighted by Gasteiger charge is -2.17. The number of hydroxylamine groups is 1. The first-order chi connectivity index (χ1) is 7.37. The average molecular weight is 239 g/mol. The van der Waals surface area contributed by atoms with Crippen LogP contribution in [0.4, 0.5) is 0 Å². The number of thiophene rings is 1. The van der Waals surface area contributed by atoms with Crippen molar-refractivity contribution in [2.45, 2.75) is 33.3 Å². The van der Waals surface area contributed by atoms with E-state index in [1.54, 1.807) is 17.4 Å². The molecular formula is C12H17NO2S. The van der Waals surface area contributed by atoms with Crippen molar-refractivity contribution >= 4 is 23.3 Å². The van der Waals surface area contributed by atoms with E-state index in [1.165, 1.54) is 11.0 Å². The quantitative estimate of drug-likeness (QED) is 0.650. The van der Waals surface area contributed by atoms with Crippen LogP contribution in [0.2, 0.25) is 0 Å². The highest BCUT2D eigenvalue weighted by Crippen LogP contribution is 2.16. The molecule has 0 aromatic carbocycles. The molecule has 0 unspecified atom stereocenters. The Kier molecular flexibility index (Phi) is 4.26. The van der Waals surface area contributed by atoms with Crippen molar-refractivity contribution in [1.82, 2.24) is 5.48 Å². The fraction of sp³-hybridized carbons (Fsp3) is 0.417. The molecule has 0 bridgehead atoms. The molecule has 4 heteroatoms. The third-order valence-corrected chi connectivity index (χ3v) is 2.58. The van der Waals surface area contributed by atoms with Crippen LogP contribution >= 0.6 is 11.3 Å². The number of aryl methyl sites for hydroxylation is 1. The Morgan fingerprint density at radius 2 is 2.12 bits per heavy atom. The number of rotatable bonds is 3. The summed E-state index contributed by atoms with van der Waals surface area (Å²) in [5.74, 6) is -0.249. The standard InChI is InChI=1S/C12H17NO2S/c1-9-5-6-10(16-9)7-8-11(14)13-15-12(2,3)4/h5-8H,1-4H3,(H,13,14)/b8-7+. The zero-order valence-electron chi connectivity index (χ0n) is 10.0. The van der Waals surface area contributed by atoms with Crippen molar-refractivity contribution < 1.29 is 9.63 Å². The van der Waals surface area contributed by atoms with Crippen LogP contribution in [0.15, 0.2) is 18.2 Å². The van der Waals surface area contributed by atoms with E-state index in [0.717, 1.165) is 4.88 Å². The zero-order chi connectivity index (χ0) is 12.2. The first-order valence-electron chi connectivity index (χ1n) is 5.09. The van der Waals surface area contributed by atoms with Gasteiger partial charge in [0.25, 0.3) is 5.91 Å². The van der Waals surface area contributed by atoms with Gasteiger partial charge in [0.05, 0.1) is 5.60 Å². The summed E-state index contributed by atoms with van der Waals surface area (Å²) in [5, 5.41) is 0. The van der Waals surface area contributed by atoms with Gasteiger partial charge in [0.15, 0.2) is 0 Å². The summed E-state index contributed by atoms with van der Waals surface area (Å²) in [4.78, 5) is 18.8. The lowest BCUT2D eigenvalue weighted by Crippen LogP contribution is -2.32. The normalized spacial score (nSPS) is 12.0. The van der Waals surface area contributed by atoms with E-state index >= 15 is 0 Å². The molecule has 3 nitrogen and oxygen atoms in total. The molecular weight excluding hydrogens is 222 g/mol. The van der Waals surface area contributed by atoms with Crippen LogP contribution in [-0.2, 0) is 9.63 Å². The molecule has 1 heterocycles. The van der Waals surface area contributed by atoms with Crippen LogP contribution in [0.25, 0.3) is 6.08 Å². The Hall–Kier alpha value is -1.13. The lowest BCUT2D eigenvalue weighted by molar-refractivity contribution is -0.140. The number of carbonyl (C=O) groups excluding carboxylic acids is 1. The second kappa shape index (κ2) is 5.27. The number of carbonyl (C=O) groups is 1. The predicted molar refractivity (Wildman–Crippen MR) is 67.1 cm³/mol. The maximum Gasteiger partial charge on any atom is 0.267 e. The Morgan fingerprint density at radius 1 is 1.44 bits per heavy atom. The summed E-state index contributed by atoms with van der Waals surface area (Å²) in [6.45, 7) is 7.66. The van der Waals surface area contributed by atoms with Gasteiger partial charge in [-0.25, -0.2) is 5.48 Å². The van der Waals surface area contributed by atoms with E-state index in [2.05, 4.69) is 5.48 Å². The van der Waals surface area contributed by atoms with Crippen LogP contribution < -0.4 is 5.48 Å². The maximum absolute atomic E-state index is 11.4. The summed E-state index contributed by atoms with van der Waals surface area (Å²) in [7, 11) is 0. The third-order valence-electron chi connectivity index (χ3n) is 1.62. The molecule has 0 aliphatic heterocycles. The number of hydrogen-bond donors (Lipinski definition) is 1. The van der Waals surface area contributed by atoms with Gasteiger partial charge in [0.1, 0.15) is 0 Å². The molecule has 0 saturated heterocycles. The molecule has 0 fully saturated rings. The summed E-state index contributed by atoms with van der Waals surface area (Å²) in [5.41, 5.74) is 2.01. The van der Waals surface area contributed by atoms with Crippen molar-refractivity contribution in [3.63, 3.8) is 0 Å². The molecule has 0 saturated carbocycles. The van der Waals surface area contributed by atoms with Crippen LogP contribution in [0.3, 0.4) is 0 Å². The molecule has 0 atom stereocenters. The van der Waals surface area contributed by atoms with Crippen molar-refractivity contribution in [2.24, 2.45) is 0 Å². The van der Waals surface area contributed by atoms with Gasteiger partial charge >= 0.3 is 0 Å². The fourth-order valence-electron chi connectivity index (χ4n) is 0.938. The molecule has 1 aromatic heterocycles. The molecule has 0 aliphatic carbocycles. The first kappa shape index (κ1) is 12.9. The van der Waals surface area contributed by atoms with Crippen molar-refractivity contribution in [1.29, 1.82) is 0 Å². The monoisotopic (exact) mass is 239 g/mol. The Balaban J connectivity index is 2.43. The van der Waals surface area contributed by atoms with E-state index in [0.29, 0.717) is 0 Å². The van der Waals surface area contributed by atoms with Gasteiger partial charge in [-0.05, 0) is 45.9 Å². The number of nitrogens with one attached hydrogen (secondary N) is 1. The average Bonchev–Trinajstić information content (AvgIpc) is 2.57. The topological polar surface area (TPSA) is 38.3 Å². The van der Waals surface area contributed by atoms with Crippen molar-refractivity contribution in [3.8, 4) is 0 Å². The van der Waals surface area contributed by atoms with E-state index in [-0.39, 0.29) is 11.5 Å². The van der Waals surface area contributed by atoms with Gasteiger partial charge in [0.2, 0.25) is 0 Å². The molecule has 16 heavy (non-hydrogen) atoms. The third kappa shape index (κ3) is 5.09. The van der Waals surface area contributed by atoms with E-state index in [9.17, 15) is 4.79 Å². The highest BCUT2D eigenvalue weighted by molar-refractivity contribution is 7.12. The minimum atomic E-state index is -0.372. The van der Waals surface area contributed by atoms with Gasteiger partial charge in [-0.3, -0.25) is 9.63 Å². The minimum absolute atomic E-state index is 0.249. The van der Waals surface area contributed by atoms with Crippen LogP contribution in [0, 0.1) is 6.92 Å². The molecule has 1 rings (SSSR count). The van der Waals surface area contributed by atoms with Gasteiger partial charge < -0.3 is 0 Å². The highest BCUT2D eigenvalue weighted by Gasteiger charge is 2.11. The Bertz CT molecular complexity index is 388. The summed E-state index contributed by atoms with van der Waals surface area (Å²) in [6, 6.07) is 4.00. The van der Waals surface area contributed by atoms with Crippen LogP contribution in [-0.4, -0.2) is 11.5 Å². The van der Waals surface area contributed by atoms with Crippen LogP contribution in [0.5, 0.6) is 0 Å². The number of amides is 1. The molecule has 88 valence electrons. The van der Waals surface area contributed by atoms with E-state index in [1.807, 2.05) is 39.8 Å². The largest absolute Gasteiger partial charge is 0.268 e. The van der Waals surface area contributed by atoms with E-state index in [4.69, 9.17) is 4.84 Å². The molecule has 0 radical (unpaired) electrons. The fourth-order valence-corrected chi connectivity index (χ4v) is 1.72. The molecule has 0 aliphatic rings. The van der Waals surface area contributed by atoms with Gasteiger partial charge in [0, 0.05) is 15.8 Å². The molecule has 1 N–H and O–H groups in total. The second-order valence-corrected chi connectivity index (χ2v) is 5.78. The maximum atomic E-state index is 11.4. The second-order valence-electron chi connectivity index (χ2n) is 4.46. The van der Waals surface area contributed by atoms with Crippen LogP contribution in [0.1, 0.15) is 30.5 Å². The lowest BCUT2D eigenvalue weighted by atomic mass is 10.2. The zero-order valence-corrected chi connectivity index (χ0v) is 10.9. The molecule has 1 aromatic rings. The van der Waals surface area contributed by atoms with Gasteiger partial charge in [-0.1, -0.05) is 0 Å². The minimum Gasteiger partial charge on any atom is -0.268 e. The Morgan fingerprint density at radius 3 is 2.62 bits per heavy atom. The summed E-state index contributed by atoms with van der Waals surface area (Å²) in [6.07, 6.45) is 3.25. The van der Waals surface area contributed by atoms with E-state index < -0.39 is 0 Å². The van der Waals surface area contributed by atoms with Crippen molar-refractivity contribution in [3.05, 3.63) is 28.0 Å². The van der Waals surface area contributed by atoms with Crippen molar-refractivity contribution in [2.75, 3.05) is 0 Å².